The molecule has 0 radical (unpaired) electrons. The van der Waals surface area contributed by atoms with Gasteiger partial charge in [-0.25, -0.2) is 14.8 Å². The molecule has 9 nitrogen and oxygen atoms in total. The molecule has 2 aromatic rings. The highest BCUT2D eigenvalue weighted by Gasteiger charge is 2.27. The average Bonchev–Trinajstić information content (AvgIpc) is 2.82. The molecule has 194 valence electrons. The molecular formula is C26H37N7O2S. The van der Waals surface area contributed by atoms with Crippen molar-refractivity contribution in [2.24, 2.45) is 17.8 Å². The van der Waals surface area contributed by atoms with Gasteiger partial charge in [-0.05, 0) is 74.4 Å². The van der Waals surface area contributed by atoms with Crippen molar-refractivity contribution in [1.82, 2.24) is 15.3 Å². The van der Waals surface area contributed by atoms with E-state index < -0.39 is 6.09 Å². The normalized spacial score (nSPS) is 20.6. The molecule has 0 unspecified atom stereocenters. The minimum absolute atomic E-state index is 0.0221. The Morgan fingerprint density at radius 2 is 1.81 bits per heavy atom. The van der Waals surface area contributed by atoms with Crippen molar-refractivity contribution in [1.29, 1.82) is 5.41 Å². The van der Waals surface area contributed by atoms with Gasteiger partial charge in [-0.3, -0.25) is 10.7 Å². The predicted octanol–water partition coefficient (Wildman–Crippen LogP) is 6.03. The first-order valence-corrected chi connectivity index (χ1v) is 13.7. The van der Waals surface area contributed by atoms with Crippen LogP contribution in [0, 0.1) is 23.2 Å². The summed E-state index contributed by atoms with van der Waals surface area (Å²) in [6.45, 7) is 5.30. The third-order valence-electron chi connectivity index (χ3n) is 7.30. The maximum absolute atomic E-state index is 11.2. The van der Waals surface area contributed by atoms with Gasteiger partial charge in [0.25, 0.3) is 0 Å². The van der Waals surface area contributed by atoms with Crippen LogP contribution in [0.3, 0.4) is 0 Å². The van der Waals surface area contributed by atoms with Crippen molar-refractivity contribution in [3.05, 3.63) is 36.2 Å². The largest absolute Gasteiger partial charge is 0.465 e. The lowest BCUT2D eigenvalue weighted by molar-refractivity contribution is 0.200. The van der Waals surface area contributed by atoms with E-state index in [2.05, 4.69) is 44.5 Å². The van der Waals surface area contributed by atoms with E-state index in [1.165, 1.54) is 56.9 Å². The smallest absolute Gasteiger partial charge is 0.410 e. The highest BCUT2D eigenvalue weighted by molar-refractivity contribution is 8.00. The molecule has 10 heteroatoms. The van der Waals surface area contributed by atoms with Crippen LogP contribution in [0.25, 0.3) is 0 Å². The second-order valence-electron chi connectivity index (χ2n) is 10.1. The number of nitrogens with one attached hydrogen (secondary N) is 5. The van der Waals surface area contributed by atoms with Gasteiger partial charge in [-0.15, -0.1) is 0 Å². The quantitative estimate of drug-likeness (QED) is 0.129. The zero-order valence-electron chi connectivity index (χ0n) is 21.0. The molecule has 1 amide bonds. The van der Waals surface area contributed by atoms with E-state index in [4.69, 9.17) is 10.5 Å². The first-order valence-electron chi connectivity index (χ1n) is 12.9. The summed E-state index contributed by atoms with van der Waals surface area (Å²) >= 11 is 1.42. The number of carbonyl (C=O) groups is 1. The lowest BCUT2D eigenvalue weighted by Crippen LogP contribution is -2.33. The third-order valence-corrected chi connectivity index (χ3v) is 8.10. The zero-order chi connectivity index (χ0) is 25.5. The Kier molecular flexibility index (Phi) is 8.90. The molecule has 4 rings (SSSR count). The van der Waals surface area contributed by atoms with Gasteiger partial charge in [0.05, 0.1) is 0 Å². The molecule has 1 atom stereocenters. The summed E-state index contributed by atoms with van der Waals surface area (Å²) in [4.78, 5) is 21.4. The summed E-state index contributed by atoms with van der Waals surface area (Å²) in [6, 6.07) is 10.1. The van der Waals surface area contributed by atoms with Crippen LogP contribution >= 0.6 is 11.9 Å². The molecular weight excluding hydrogens is 474 g/mol. The number of amidine groups is 1. The lowest BCUT2D eigenvalue weighted by atomic mass is 9.80. The molecule has 36 heavy (non-hydrogen) atoms. The van der Waals surface area contributed by atoms with Crippen LogP contribution in [-0.2, 0) is 0 Å². The van der Waals surface area contributed by atoms with E-state index in [0.717, 1.165) is 23.0 Å². The zero-order valence-corrected chi connectivity index (χ0v) is 21.8. The van der Waals surface area contributed by atoms with Crippen molar-refractivity contribution in [2.75, 3.05) is 21.9 Å². The molecule has 2 fully saturated rings. The number of anilines is 3. The summed E-state index contributed by atoms with van der Waals surface area (Å²) in [6.07, 6.45) is 7.18. The van der Waals surface area contributed by atoms with Crippen molar-refractivity contribution < 1.29 is 9.90 Å². The number of rotatable bonds is 10. The molecule has 6 N–H and O–H groups in total. The second-order valence-corrected chi connectivity index (χ2v) is 11.0. The molecule has 0 saturated heterocycles. The van der Waals surface area contributed by atoms with Crippen LogP contribution in [0.1, 0.15) is 64.6 Å². The fourth-order valence-electron chi connectivity index (χ4n) is 4.73. The Labute approximate surface area is 217 Å². The van der Waals surface area contributed by atoms with Gasteiger partial charge in [-0.1, -0.05) is 44.4 Å². The molecule has 2 aliphatic carbocycles. The van der Waals surface area contributed by atoms with E-state index in [1.54, 1.807) is 0 Å². The third kappa shape index (κ3) is 7.02. The highest BCUT2D eigenvalue weighted by atomic mass is 32.2. The van der Waals surface area contributed by atoms with E-state index in [9.17, 15) is 4.79 Å². The van der Waals surface area contributed by atoms with Gasteiger partial charge in [0, 0.05) is 17.5 Å². The van der Waals surface area contributed by atoms with Crippen molar-refractivity contribution in [2.45, 2.75) is 69.7 Å². The second kappa shape index (κ2) is 12.3. The van der Waals surface area contributed by atoms with Crippen LogP contribution in [0.2, 0.25) is 0 Å². The van der Waals surface area contributed by atoms with Crippen molar-refractivity contribution in [3.63, 3.8) is 0 Å². The molecule has 1 aromatic heterocycles. The highest BCUT2D eigenvalue weighted by Crippen LogP contribution is 2.36. The number of hydrogen-bond donors (Lipinski definition) is 6. The summed E-state index contributed by atoms with van der Waals surface area (Å²) in [7, 11) is 0. The summed E-state index contributed by atoms with van der Waals surface area (Å²) in [5, 5.41) is 26.6. The van der Waals surface area contributed by atoms with E-state index in [0.29, 0.717) is 23.5 Å². The minimum atomic E-state index is -1.32. The van der Waals surface area contributed by atoms with Crippen LogP contribution in [0.4, 0.5) is 22.1 Å². The summed E-state index contributed by atoms with van der Waals surface area (Å²) < 4.78 is 3.33. The predicted molar refractivity (Wildman–Crippen MR) is 146 cm³/mol. The molecule has 1 aromatic carbocycles. The standard InChI is InChI=1S/C26H37N7O2S/c1-16-11-13-18(14-12-16)15-28-21-23(29-17(2)19-7-6-8-19)31-25(22(27)30-26(34)35)32-24(21)33-36-20-9-4-3-5-10-20/h3-5,9-10,16-19,28H,6-8,11-15H2,1-2H3,(H2,27,30)(H,34,35)(H2,29,31,32,33)/t16?,17-,18?/m1/s1. The first kappa shape index (κ1) is 26.1. The maximum Gasteiger partial charge on any atom is 0.410 e. The summed E-state index contributed by atoms with van der Waals surface area (Å²) in [5.41, 5.74) is 0.759. The van der Waals surface area contributed by atoms with E-state index in [1.807, 2.05) is 30.3 Å². The number of aromatic nitrogens is 2. The van der Waals surface area contributed by atoms with Gasteiger partial charge < -0.3 is 20.5 Å². The Morgan fingerprint density at radius 3 is 2.44 bits per heavy atom. The van der Waals surface area contributed by atoms with Crippen LogP contribution in [-0.4, -0.2) is 39.6 Å². The number of carboxylic acid groups (broad SMARTS) is 1. The van der Waals surface area contributed by atoms with Gasteiger partial charge in [0.2, 0.25) is 0 Å². The Balaban J connectivity index is 1.63. The van der Waals surface area contributed by atoms with Crippen molar-refractivity contribution in [3.8, 4) is 0 Å². The van der Waals surface area contributed by atoms with E-state index in [-0.39, 0.29) is 17.7 Å². The van der Waals surface area contributed by atoms with Crippen LogP contribution in [0.5, 0.6) is 0 Å². The summed E-state index contributed by atoms with van der Waals surface area (Å²) in [5.74, 6) is 2.73. The SMILES string of the molecule is CC1CCC(CNc2c(NSc3ccccc3)nc(C(=N)NC(=O)O)nc2N[C@H](C)C2CCC2)CC1. The number of benzene rings is 1. The first-order chi connectivity index (χ1) is 17.4. The fraction of sp³-hybridized carbons (Fsp3) is 0.538. The molecule has 0 aliphatic heterocycles. The molecule has 1 heterocycles. The molecule has 2 aliphatic rings. The fourth-order valence-corrected chi connectivity index (χ4v) is 5.39. The Bertz CT molecular complexity index is 1040. The van der Waals surface area contributed by atoms with Crippen LogP contribution < -0.4 is 20.7 Å². The molecule has 0 spiro atoms. The van der Waals surface area contributed by atoms with Gasteiger partial charge in [0.15, 0.2) is 23.3 Å². The monoisotopic (exact) mass is 511 g/mol. The Morgan fingerprint density at radius 1 is 1.11 bits per heavy atom. The van der Waals surface area contributed by atoms with E-state index >= 15 is 0 Å². The van der Waals surface area contributed by atoms with Gasteiger partial charge in [0.1, 0.15) is 5.69 Å². The molecule has 0 bridgehead atoms. The average molecular weight is 512 g/mol. The Hall–Kier alpha value is -3.01. The van der Waals surface area contributed by atoms with Gasteiger partial charge in [-0.2, -0.15) is 0 Å². The number of nitrogens with zero attached hydrogens (tertiary/aromatic N) is 2. The van der Waals surface area contributed by atoms with Crippen LogP contribution in [0.15, 0.2) is 35.2 Å². The number of amides is 1. The topological polar surface area (TPSA) is 135 Å². The van der Waals surface area contributed by atoms with Gasteiger partial charge >= 0.3 is 6.09 Å². The lowest BCUT2D eigenvalue weighted by Gasteiger charge is -2.33. The molecule has 2 saturated carbocycles. The maximum atomic E-state index is 11.2. The minimum Gasteiger partial charge on any atom is -0.465 e. The number of hydrogen-bond acceptors (Lipinski definition) is 8. The van der Waals surface area contributed by atoms with Crippen molar-refractivity contribution >= 4 is 41.2 Å².